The summed E-state index contributed by atoms with van der Waals surface area (Å²) < 4.78 is 1.02. The molecule has 1 atom stereocenters. The second kappa shape index (κ2) is 8.65. The summed E-state index contributed by atoms with van der Waals surface area (Å²) in [5, 5.41) is 3.07. The number of carbonyl (C=O) groups excluding carboxylic acids is 1. The van der Waals surface area contributed by atoms with E-state index in [0.717, 1.165) is 22.1 Å². The van der Waals surface area contributed by atoms with Crippen LogP contribution in [-0.2, 0) is 4.79 Å². The largest absolute Gasteiger partial charge is 0.344 e. The van der Waals surface area contributed by atoms with Crippen LogP contribution >= 0.6 is 15.9 Å². The molecular formula is C19H21BrN2O. The van der Waals surface area contributed by atoms with Crippen molar-refractivity contribution in [2.45, 2.75) is 6.04 Å². The second-order valence-electron chi connectivity index (χ2n) is 5.62. The van der Waals surface area contributed by atoms with Crippen LogP contribution in [0.3, 0.4) is 0 Å². The van der Waals surface area contributed by atoms with Gasteiger partial charge < -0.3 is 10.2 Å². The van der Waals surface area contributed by atoms with Crippen LogP contribution in [0.25, 0.3) is 6.08 Å². The van der Waals surface area contributed by atoms with Gasteiger partial charge in [-0.2, -0.15) is 0 Å². The Kier molecular flexibility index (Phi) is 6.56. The Hall–Kier alpha value is -1.91. The molecule has 0 aliphatic heterocycles. The average Bonchev–Trinajstić information content (AvgIpc) is 2.54. The number of benzene rings is 2. The maximum atomic E-state index is 12.2. The van der Waals surface area contributed by atoms with E-state index in [-0.39, 0.29) is 11.9 Å². The first-order valence-electron chi connectivity index (χ1n) is 7.48. The summed E-state index contributed by atoms with van der Waals surface area (Å²) in [5.41, 5.74) is 2.10. The molecule has 0 saturated heterocycles. The lowest BCUT2D eigenvalue weighted by atomic mass is 10.1. The summed E-state index contributed by atoms with van der Waals surface area (Å²) >= 11 is 3.40. The Balaban J connectivity index is 2.04. The highest BCUT2D eigenvalue weighted by atomic mass is 79.9. The van der Waals surface area contributed by atoms with Gasteiger partial charge in [-0.15, -0.1) is 0 Å². The number of rotatable bonds is 6. The average molecular weight is 373 g/mol. The quantitative estimate of drug-likeness (QED) is 0.780. The highest BCUT2D eigenvalue weighted by Gasteiger charge is 2.13. The number of amides is 1. The molecule has 0 aliphatic rings. The second-order valence-corrected chi connectivity index (χ2v) is 6.53. The molecule has 0 radical (unpaired) electrons. The van der Waals surface area contributed by atoms with E-state index < -0.39 is 0 Å². The summed E-state index contributed by atoms with van der Waals surface area (Å²) in [6.07, 6.45) is 3.40. The molecule has 1 amide bonds. The zero-order chi connectivity index (χ0) is 16.7. The number of hydrogen-bond donors (Lipinski definition) is 1. The van der Waals surface area contributed by atoms with Crippen molar-refractivity contribution in [3.05, 3.63) is 76.3 Å². The van der Waals surface area contributed by atoms with E-state index in [0.29, 0.717) is 0 Å². The van der Waals surface area contributed by atoms with Crippen molar-refractivity contribution in [1.29, 1.82) is 0 Å². The molecule has 2 rings (SSSR count). The minimum Gasteiger partial charge on any atom is -0.344 e. The molecule has 1 N–H and O–H groups in total. The molecule has 0 saturated carbocycles. The molecule has 0 fully saturated rings. The summed E-state index contributed by atoms with van der Waals surface area (Å²) in [6, 6.07) is 17.8. The smallest absolute Gasteiger partial charge is 0.244 e. The van der Waals surface area contributed by atoms with Gasteiger partial charge in [0.25, 0.3) is 0 Å². The maximum Gasteiger partial charge on any atom is 0.244 e. The van der Waals surface area contributed by atoms with E-state index >= 15 is 0 Å². The first kappa shape index (κ1) is 17.4. The predicted molar refractivity (Wildman–Crippen MR) is 99.1 cm³/mol. The normalized spacial score (nSPS) is 12.5. The Morgan fingerprint density at radius 1 is 1.13 bits per heavy atom. The summed E-state index contributed by atoms with van der Waals surface area (Å²) in [4.78, 5) is 14.3. The van der Waals surface area contributed by atoms with Gasteiger partial charge in [0.05, 0.1) is 6.04 Å². The molecule has 120 valence electrons. The van der Waals surface area contributed by atoms with Crippen molar-refractivity contribution in [3.8, 4) is 0 Å². The summed E-state index contributed by atoms with van der Waals surface area (Å²) in [7, 11) is 4.00. The van der Waals surface area contributed by atoms with Crippen LogP contribution < -0.4 is 5.32 Å². The van der Waals surface area contributed by atoms with Crippen molar-refractivity contribution in [2.75, 3.05) is 20.6 Å². The van der Waals surface area contributed by atoms with Gasteiger partial charge in [-0.25, -0.2) is 0 Å². The third kappa shape index (κ3) is 6.00. The summed E-state index contributed by atoms with van der Waals surface area (Å²) in [6.45, 7) is 0.752. The number of halogens is 1. The molecule has 0 aliphatic carbocycles. The Morgan fingerprint density at radius 3 is 2.39 bits per heavy atom. The lowest BCUT2D eigenvalue weighted by Crippen LogP contribution is -2.34. The van der Waals surface area contributed by atoms with Crippen LogP contribution in [0.4, 0.5) is 0 Å². The minimum atomic E-state index is -0.0939. The van der Waals surface area contributed by atoms with Gasteiger partial charge in [-0.3, -0.25) is 4.79 Å². The predicted octanol–water partition coefficient (Wildman–Crippen LogP) is 3.88. The van der Waals surface area contributed by atoms with Crippen LogP contribution in [0.2, 0.25) is 0 Å². The minimum absolute atomic E-state index is 0.0340. The van der Waals surface area contributed by atoms with Gasteiger partial charge in [0.15, 0.2) is 0 Å². The molecule has 0 aromatic heterocycles. The van der Waals surface area contributed by atoms with E-state index in [1.54, 1.807) is 6.08 Å². The fraction of sp³-hybridized carbons (Fsp3) is 0.211. The highest BCUT2D eigenvalue weighted by Crippen LogP contribution is 2.14. The van der Waals surface area contributed by atoms with E-state index in [2.05, 4.69) is 26.1 Å². The molecule has 3 nitrogen and oxygen atoms in total. The van der Waals surface area contributed by atoms with Crippen LogP contribution in [-0.4, -0.2) is 31.4 Å². The van der Waals surface area contributed by atoms with Crippen molar-refractivity contribution in [1.82, 2.24) is 10.2 Å². The zero-order valence-electron chi connectivity index (χ0n) is 13.4. The van der Waals surface area contributed by atoms with E-state index in [4.69, 9.17) is 0 Å². The third-order valence-electron chi connectivity index (χ3n) is 3.36. The Labute approximate surface area is 146 Å². The van der Waals surface area contributed by atoms with E-state index in [1.165, 1.54) is 0 Å². The van der Waals surface area contributed by atoms with Gasteiger partial charge in [0.2, 0.25) is 5.91 Å². The van der Waals surface area contributed by atoms with Gasteiger partial charge in [0, 0.05) is 17.1 Å². The first-order chi connectivity index (χ1) is 11.0. The fourth-order valence-corrected chi connectivity index (χ4v) is 2.51. The molecular weight excluding hydrogens is 352 g/mol. The summed E-state index contributed by atoms with van der Waals surface area (Å²) in [5.74, 6) is -0.0939. The number of likely N-dealkylation sites (N-methyl/N-ethyl adjacent to an activating group) is 1. The van der Waals surface area contributed by atoms with Gasteiger partial charge in [0.1, 0.15) is 0 Å². The lowest BCUT2D eigenvalue weighted by molar-refractivity contribution is -0.117. The molecule has 2 aromatic carbocycles. The first-order valence-corrected chi connectivity index (χ1v) is 8.28. The number of hydrogen-bond acceptors (Lipinski definition) is 2. The van der Waals surface area contributed by atoms with Gasteiger partial charge in [-0.05, 0) is 43.4 Å². The van der Waals surface area contributed by atoms with Crippen LogP contribution in [0, 0.1) is 0 Å². The lowest BCUT2D eigenvalue weighted by Gasteiger charge is -2.22. The van der Waals surface area contributed by atoms with Gasteiger partial charge in [-0.1, -0.05) is 58.4 Å². The SMILES string of the molecule is CN(C)CC(NC(=O)/C=C/c1ccc(Br)cc1)c1ccccc1. The van der Waals surface area contributed by atoms with E-state index in [1.807, 2.05) is 74.8 Å². The molecule has 4 heteroatoms. The molecule has 2 aromatic rings. The fourth-order valence-electron chi connectivity index (χ4n) is 2.25. The van der Waals surface area contributed by atoms with Crippen molar-refractivity contribution >= 4 is 27.9 Å². The van der Waals surface area contributed by atoms with E-state index in [9.17, 15) is 4.79 Å². The molecule has 0 spiro atoms. The Morgan fingerprint density at radius 2 is 1.78 bits per heavy atom. The molecule has 0 bridgehead atoms. The van der Waals surface area contributed by atoms with Crippen molar-refractivity contribution < 1.29 is 4.79 Å². The van der Waals surface area contributed by atoms with Crippen molar-refractivity contribution in [2.24, 2.45) is 0 Å². The van der Waals surface area contributed by atoms with Crippen LogP contribution in [0.15, 0.2) is 65.1 Å². The molecule has 0 heterocycles. The number of carbonyl (C=O) groups is 1. The highest BCUT2D eigenvalue weighted by molar-refractivity contribution is 9.10. The zero-order valence-corrected chi connectivity index (χ0v) is 15.0. The molecule has 1 unspecified atom stereocenters. The monoisotopic (exact) mass is 372 g/mol. The third-order valence-corrected chi connectivity index (χ3v) is 3.89. The van der Waals surface area contributed by atoms with Crippen LogP contribution in [0.1, 0.15) is 17.2 Å². The topological polar surface area (TPSA) is 32.3 Å². The number of nitrogens with one attached hydrogen (secondary N) is 1. The van der Waals surface area contributed by atoms with Crippen molar-refractivity contribution in [3.63, 3.8) is 0 Å². The molecule has 23 heavy (non-hydrogen) atoms. The van der Waals surface area contributed by atoms with Crippen LogP contribution in [0.5, 0.6) is 0 Å². The maximum absolute atomic E-state index is 12.2. The Bertz CT molecular complexity index is 651. The standard InChI is InChI=1S/C19H21BrN2O/c1-22(2)14-18(16-6-4-3-5-7-16)21-19(23)13-10-15-8-11-17(20)12-9-15/h3-13,18H,14H2,1-2H3,(H,21,23)/b13-10+. The van der Waals surface area contributed by atoms with Gasteiger partial charge >= 0.3 is 0 Å². The number of nitrogens with zero attached hydrogens (tertiary/aromatic N) is 1.